The van der Waals surface area contributed by atoms with Crippen molar-refractivity contribution in [3.05, 3.63) is 83.7 Å². The van der Waals surface area contributed by atoms with Crippen LogP contribution in [0.5, 0.6) is 0 Å². The summed E-state index contributed by atoms with van der Waals surface area (Å²) in [6, 6.07) is 20.8. The van der Waals surface area contributed by atoms with Crippen LogP contribution >= 0.6 is 0 Å². The van der Waals surface area contributed by atoms with E-state index in [4.69, 9.17) is 4.74 Å². The van der Waals surface area contributed by atoms with E-state index in [1.165, 1.54) is 0 Å². The van der Waals surface area contributed by atoms with Gasteiger partial charge in [0, 0.05) is 12.5 Å². The zero-order valence-corrected chi connectivity index (χ0v) is 15.4. The summed E-state index contributed by atoms with van der Waals surface area (Å²) < 4.78 is 6.84. The summed E-state index contributed by atoms with van der Waals surface area (Å²) in [6.07, 6.45) is 2.17. The second-order valence-electron chi connectivity index (χ2n) is 6.81. The smallest absolute Gasteiger partial charge is 0.357 e. The molecule has 0 aliphatic heterocycles. The Hall–Kier alpha value is -3.41. The third-order valence-electron chi connectivity index (χ3n) is 4.60. The molecule has 28 heavy (non-hydrogen) atoms. The fourth-order valence-electron chi connectivity index (χ4n) is 2.94. The summed E-state index contributed by atoms with van der Waals surface area (Å²) in [5.41, 5.74) is 3.00. The van der Waals surface area contributed by atoms with Crippen molar-refractivity contribution < 1.29 is 14.3 Å². The van der Waals surface area contributed by atoms with Gasteiger partial charge in [-0.25, -0.2) is 9.48 Å². The Labute approximate surface area is 163 Å². The Kier molecular flexibility index (Phi) is 5.19. The lowest BCUT2D eigenvalue weighted by Gasteiger charge is -2.08. The van der Waals surface area contributed by atoms with Gasteiger partial charge in [0.1, 0.15) is 0 Å². The van der Waals surface area contributed by atoms with Crippen LogP contribution in [0.25, 0.3) is 5.69 Å². The van der Waals surface area contributed by atoms with E-state index < -0.39 is 5.97 Å². The summed E-state index contributed by atoms with van der Waals surface area (Å²) in [4.78, 5) is 24.6. The molecule has 1 amide bonds. The van der Waals surface area contributed by atoms with Crippen LogP contribution in [0.15, 0.2) is 66.7 Å². The predicted molar refractivity (Wildman–Crippen MR) is 104 cm³/mol. The monoisotopic (exact) mass is 375 g/mol. The van der Waals surface area contributed by atoms with E-state index in [1.54, 1.807) is 10.7 Å². The van der Waals surface area contributed by atoms with Gasteiger partial charge in [-0.1, -0.05) is 48.5 Å². The molecular formula is C22H21N3O3. The molecule has 1 aromatic heterocycles. The zero-order valence-electron chi connectivity index (χ0n) is 15.4. The maximum Gasteiger partial charge on any atom is 0.357 e. The number of nitrogens with zero attached hydrogens (tertiary/aromatic N) is 2. The number of carbonyl (C=O) groups excluding carboxylic acids is 2. The van der Waals surface area contributed by atoms with Crippen molar-refractivity contribution in [1.82, 2.24) is 15.1 Å². The van der Waals surface area contributed by atoms with Crippen LogP contribution in [0, 0.1) is 0 Å². The van der Waals surface area contributed by atoms with Gasteiger partial charge < -0.3 is 10.1 Å². The first-order chi connectivity index (χ1) is 13.7. The van der Waals surface area contributed by atoms with E-state index in [0.29, 0.717) is 18.2 Å². The number of ether oxygens (including phenoxy) is 1. The standard InChI is InChI=1S/C22H21N3O3/c26-21(23-14-16-7-3-1-4-8-16)15-28-22(27)20-13-19(17-11-12-17)24-25(20)18-9-5-2-6-10-18/h1-10,13,17H,11-12,14-15H2,(H,23,26). The van der Waals surface area contributed by atoms with Crippen LogP contribution < -0.4 is 5.32 Å². The van der Waals surface area contributed by atoms with Crippen molar-refractivity contribution >= 4 is 11.9 Å². The maximum atomic E-state index is 12.6. The van der Waals surface area contributed by atoms with Crippen molar-refractivity contribution in [2.45, 2.75) is 25.3 Å². The minimum atomic E-state index is -0.557. The van der Waals surface area contributed by atoms with Gasteiger partial charge in [-0.05, 0) is 36.6 Å². The van der Waals surface area contributed by atoms with Crippen LogP contribution in [-0.4, -0.2) is 28.3 Å². The van der Waals surface area contributed by atoms with Crippen molar-refractivity contribution in [3.63, 3.8) is 0 Å². The second kappa shape index (κ2) is 8.08. The molecule has 0 saturated heterocycles. The summed E-state index contributed by atoms with van der Waals surface area (Å²) >= 11 is 0. The van der Waals surface area contributed by atoms with Crippen LogP contribution in [-0.2, 0) is 16.1 Å². The van der Waals surface area contributed by atoms with Gasteiger partial charge in [0.05, 0.1) is 11.4 Å². The predicted octanol–water partition coefficient (Wildman–Crippen LogP) is 3.22. The molecule has 0 atom stereocenters. The minimum Gasteiger partial charge on any atom is -0.451 e. The van der Waals surface area contributed by atoms with E-state index in [2.05, 4.69) is 10.4 Å². The number of benzene rings is 2. The van der Waals surface area contributed by atoms with Gasteiger partial charge in [0.15, 0.2) is 12.3 Å². The Morgan fingerprint density at radius 2 is 1.71 bits per heavy atom. The Morgan fingerprint density at radius 1 is 1.04 bits per heavy atom. The zero-order chi connectivity index (χ0) is 19.3. The molecule has 1 fully saturated rings. The average Bonchev–Trinajstić information content (AvgIpc) is 3.50. The molecule has 1 aliphatic rings. The third kappa shape index (κ3) is 4.28. The van der Waals surface area contributed by atoms with Crippen LogP contribution in [0.2, 0.25) is 0 Å². The average molecular weight is 375 g/mol. The maximum absolute atomic E-state index is 12.6. The summed E-state index contributed by atoms with van der Waals surface area (Å²) in [5.74, 6) is -0.491. The molecule has 142 valence electrons. The quantitative estimate of drug-likeness (QED) is 0.644. The number of esters is 1. The molecule has 1 heterocycles. The van der Waals surface area contributed by atoms with E-state index in [1.807, 2.05) is 60.7 Å². The van der Waals surface area contributed by atoms with Gasteiger partial charge in [-0.2, -0.15) is 5.10 Å². The lowest BCUT2D eigenvalue weighted by Crippen LogP contribution is -2.28. The minimum absolute atomic E-state index is 0.329. The molecule has 0 spiro atoms. The molecule has 6 heteroatoms. The Balaban J connectivity index is 1.41. The topological polar surface area (TPSA) is 73.2 Å². The van der Waals surface area contributed by atoms with Crippen LogP contribution in [0.3, 0.4) is 0 Å². The van der Waals surface area contributed by atoms with Gasteiger partial charge in [0.2, 0.25) is 0 Å². The lowest BCUT2D eigenvalue weighted by molar-refractivity contribution is -0.124. The summed E-state index contributed by atoms with van der Waals surface area (Å²) in [5, 5.41) is 7.33. The number of carbonyl (C=O) groups is 2. The Bertz CT molecular complexity index is 963. The number of rotatable bonds is 7. The fourth-order valence-corrected chi connectivity index (χ4v) is 2.94. The highest BCUT2D eigenvalue weighted by molar-refractivity contribution is 5.90. The Morgan fingerprint density at radius 3 is 2.39 bits per heavy atom. The number of amides is 1. The van der Waals surface area contributed by atoms with Gasteiger partial charge >= 0.3 is 5.97 Å². The van der Waals surface area contributed by atoms with Crippen LogP contribution in [0.4, 0.5) is 0 Å². The molecular weight excluding hydrogens is 354 g/mol. The molecule has 6 nitrogen and oxygen atoms in total. The van der Waals surface area contributed by atoms with Gasteiger partial charge in [-0.3, -0.25) is 4.79 Å². The first kappa shape index (κ1) is 18.0. The summed E-state index contributed by atoms with van der Waals surface area (Å²) in [6.45, 7) is 0.0649. The van der Waals surface area contributed by atoms with Crippen molar-refractivity contribution in [2.24, 2.45) is 0 Å². The molecule has 4 rings (SSSR count). The number of nitrogens with one attached hydrogen (secondary N) is 1. The van der Waals surface area contributed by atoms with Gasteiger partial charge in [0.25, 0.3) is 5.91 Å². The van der Waals surface area contributed by atoms with E-state index in [-0.39, 0.29) is 12.5 Å². The first-order valence-corrected chi connectivity index (χ1v) is 9.34. The molecule has 0 radical (unpaired) electrons. The normalized spacial score (nSPS) is 13.1. The first-order valence-electron chi connectivity index (χ1n) is 9.34. The number of aromatic nitrogens is 2. The SMILES string of the molecule is O=C(COC(=O)c1cc(C2CC2)nn1-c1ccccc1)NCc1ccccc1. The summed E-state index contributed by atoms with van der Waals surface area (Å²) in [7, 11) is 0. The lowest BCUT2D eigenvalue weighted by atomic mass is 10.2. The molecule has 1 N–H and O–H groups in total. The van der Waals surface area contributed by atoms with Gasteiger partial charge in [-0.15, -0.1) is 0 Å². The number of hydrogen-bond donors (Lipinski definition) is 1. The van der Waals surface area contributed by atoms with Crippen molar-refractivity contribution in [2.75, 3.05) is 6.61 Å². The van der Waals surface area contributed by atoms with E-state index >= 15 is 0 Å². The highest BCUT2D eigenvalue weighted by Crippen LogP contribution is 2.39. The molecule has 1 saturated carbocycles. The fraction of sp³-hybridized carbons (Fsp3) is 0.227. The molecule has 2 aromatic carbocycles. The van der Waals surface area contributed by atoms with E-state index in [9.17, 15) is 9.59 Å². The molecule has 0 unspecified atom stereocenters. The number of hydrogen-bond acceptors (Lipinski definition) is 4. The largest absolute Gasteiger partial charge is 0.451 e. The highest BCUT2D eigenvalue weighted by Gasteiger charge is 2.29. The molecule has 3 aromatic rings. The second-order valence-corrected chi connectivity index (χ2v) is 6.81. The molecule has 0 bridgehead atoms. The highest BCUT2D eigenvalue weighted by atomic mass is 16.5. The third-order valence-corrected chi connectivity index (χ3v) is 4.60. The number of para-hydroxylation sites is 1. The van der Waals surface area contributed by atoms with Crippen LogP contribution in [0.1, 0.15) is 40.5 Å². The molecule has 1 aliphatic carbocycles. The van der Waals surface area contributed by atoms with Crippen molar-refractivity contribution in [3.8, 4) is 5.69 Å². The van der Waals surface area contributed by atoms with E-state index in [0.717, 1.165) is 29.8 Å². The van der Waals surface area contributed by atoms with Crippen molar-refractivity contribution in [1.29, 1.82) is 0 Å².